The van der Waals surface area contributed by atoms with E-state index in [-0.39, 0.29) is 4.99 Å². The van der Waals surface area contributed by atoms with Crippen molar-refractivity contribution in [2.24, 2.45) is 11.5 Å². The van der Waals surface area contributed by atoms with Crippen LogP contribution < -0.4 is 16.8 Å². The van der Waals surface area contributed by atoms with Crippen molar-refractivity contribution in [3.05, 3.63) is 47.9 Å². The molecule has 2 aromatic rings. The fraction of sp³-hybridized carbons (Fsp3) is 0. The lowest BCUT2D eigenvalue weighted by Crippen LogP contribution is -2.12. The molecule has 0 saturated carbocycles. The molecule has 96 valence electrons. The van der Waals surface area contributed by atoms with Crippen LogP contribution >= 0.6 is 12.2 Å². The second-order valence-corrected chi connectivity index (χ2v) is 4.16. The number of rotatable bonds is 4. The molecule has 0 bridgehead atoms. The summed E-state index contributed by atoms with van der Waals surface area (Å²) < 4.78 is 0. The lowest BCUT2D eigenvalue weighted by molar-refractivity contribution is 0.100. The van der Waals surface area contributed by atoms with E-state index in [9.17, 15) is 4.79 Å². The Morgan fingerprint density at radius 2 is 2.00 bits per heavy atom. The first kappa shape index (κ1) is 12.9. The number of aromatic nitrogens is 2. The minimum Gasteiger partial charge on any atom is -0.388 e. The van der Waals surface area contributed by atoms with Crippen molar-refractivity contribution in [3.8, 4) is 0 Å². The van der Waals surface area contributed by atoms with Gasteiger partial charge in [0.05, 0.1) is 12.4 Å². The zero-order valence-electron chi connectivity index (χ0n) is 9.83. The van der Waals surface area contributed by atoms with Crippen LogP contribution in [0.2, 0.25) is 0 Å². The van der Waals surface area contributed by atoms with Crippen molar-refractivity contribution in [2.75, 3.05) is 5.32 Å². The van der Waals surface area contributed by atoms with Gasteiger partial charge in [-0.25, -0.2) is 9.97 Å². The molecule has 1 amide bonds. The highest BCUT2D eigenvalue weighted by atomic mass is 32.1. The summed E-state index contributed by atoms with van der Waals surface area (Å²) >= 11 is 4.78. The highest BCUT2D eigenvalue weighted by Crippen LogP contribution is 2.15. The Kier molecular flexibility index (Phi) is 3.67. The first-order valence-corrected chi connectivity index (χ1v) is 5.76. The van der Waals surface area contributed by atoms with Crippen molar-refractivity contribution in [2.45, 2.75) is 0 Å². The molecule has 0 fully saturated rings. The Morgan fingerprint density at radius 1 is 1.21 bits per heavy atom. The van der Waals surface area contributed by atoms with Crippen molar-refractivity contribution in [1.29, 1.82) is 0 Å². The van der Waals surface area contributed by atoms with E-state index in [0.717, 1.165) is 0 Å². The number of nitrogens with one attached hydrogen (secondary N) is 1. The van der Waals surface area contributed by atoms with E-state index in [1.807, 2.05) is 0 Å². The lowest BCUT2D eigenvalue weighted by atomic mass is 10.2. The Labute approximate surface area is 114 Å². The van der Waals surface area contributed by atoms with Gasteiger partial charge in [0.1, 0.15) is 16.5 Å². The number of carbonyl (C=O) groups excluding carboxylic acids is 1. The van der Waals surface area contributed by atoms with Crippen LogP contribution in [0.3, 0.4) is 0 Å². The predicted molar refractivity (Wildman–Crippen MR) is 76.2 cm³/mol. The number of benzene rings is 1. The molecule has 0 aliphatic rings. The summed E-state index contributed by atoms with van der Waals surface area (Å²) in [4.78, 5) is 19.4. The molecule has 0 aliphatic carbocycles. The highest BCUT2D eigenvalue weighted by molar-refractivity contribution is 7.80. The van der Waals surface area contributed by atoms with E-state index in [2.05, 4.69) is 15.3 Å². The van der Waals surface area contributed by atoms with Crippen LogP contribution in [0.5, 0.6) is 0 Å². The second kappa shape index (κ2) is 5.40. The van der Waals surface area contributed by atoms with Gasteiger partial charge in [-0.1, -0.05) is 18.3 Å². The van der Waals surface area contributed by atoms with Gasteiger partial charge in [0.25, 0.3) is 0 Å². The van der Waals surface area contributed by atoms with Gasteiger partial charge in [-0.2, -0.15) is 0 Å². The maximum atomic E-state index is 11.1. The average Bonchev–Trinajstić information content (AvgIpc) is 2.39. The topological polar surface area (TPSA) is 107 Å². The van der Waals surface area contributed by atoms with E-state index in [1.165, 1.54) is 12.4 Å². The number of anilines is 2. The van der Waals surface area contributed by atoms with Gasteiger partial charge < -0.3 is 16.8 Å². The van der Waals surface area contributed by atoms with Gasteiger partial charge in [-0.3, -0.25) is 4.79 Å². The molecule has 1 heterocycles. The molecule has 0 radical (unpaired) electrons. The summed E-state index contributed by atoms with van der Waals surface area (Å²) in [6.07, 6.45) is 2.98. The van der Waals surface area contributed by atoms with Gasteiger partial charge in [-0.15, -0.1) is 0 Å². The molecule has 1 aromatic carbocycles. The molecule has 1 aromatic heterocycles. The fourth-order valence-electron chi connectivity index (χ4n) is 1.42. The lowest BCUT2D eigenvalue weighted by Gasteiger charge is -2.06. The molecule has 2 rings (SSSR count). The minimum absolute atomic E-state index is 0.190. The smallest absolute Gasteiger partial charge is 0.248 e. The third-order valence-corrected chi connectivity index (χ3v) is 2.53. The number of thiocarbonyl (C=S) groups is 1. The van der Waals surface area contributed by atoms with E-state index >= 15 is 0 Å². The molecule has 0 unspecified atom stereocenters. The fourth-order valence-corrected chi connectivity index (χ4v) is 1.52. The molecular formula is C12H11N5OS. The molecule has 0 spiro atoms. The van der Waals surface area contributed by atoms with Crippen LogP contribution in [0.15, 0.2) is 36.7 Å². The van der Waals surface area contributed by atoms with E-state index in [1.54, 1.807) is 24.3 Å². The molecular weight excluding hydrogens is 262 g/mol. The summed E-state index contributed by atoms with van der Waals surface area (Å²) in [5, 5.41) is 3.00. The van der Waals surface area contributed by atoms with Crippen LogP contribution in [0, 0.1) is 0 Å². The predicted octanol–water partition coefficient (Wildman–Crippen LogP) is 0.953. The largest absolute Gasteiger partial charge is 0.388 e. The number of hydrogen-bond donors (Lipinski definition) is 3. The first-order chi connectivity index (χ1) is 9.06. The Morgan fingerprint density at radius 3 is 2.58 bits per heavy atom. The summed E-state index contributed by atoms with van der Waals surface area (Å²) in [6.45, 7) is 0. The van der Waals surface area contributed by atoms with Gasteiger partial charge in [0.2, 0.25) is 5.91 Å². The SMILES string of the molecule is NC(=O)c1cccc(Nc2cnc(C(N)=S)cn2)c1. The molecule has 5 N–H and O–H groups in total. The number of nitrogens with two attached hydrogens (primary N) is 2. The number of carbonyl (C=O) groups is 1. The maximum absolute atomic E-state index is 11.1. The maximum Gasteiger partial charge on any atom is 0.248 e. The van der Waals surface area contributed by atoms with Crippen molar-refractivity contribution in [3.63, 3.8) is 0 Å². The molecule has 0 atom stereocenters. The number of hydrogen-bond acceptors (Lipinski definition) is 5. The van der Waals surface area contributed by atoms with Gasteiger partial charge in [0.15, 0.2) is 0 Å². The van der Waals surface area contributed by atoms with Gasteiger partial charge >= 0.3 is 0 Å². The van der Waals surface area contributed by atoms with E-state index in [0.29, 0.717) is 22.8 Å². The average molecular weight is 273 g/mol. The van der Waals surface area contributed by atoms with Crippen LogP contribution in [-0.4, -0.2) is 20.9 Å². The number of primary amides is 1. The molecule has 0 aliphatic heterocycles. The number of nitrogens with zero attached hydrogens (tertiary/aromatic N) is 2. The summed E-state index contributed by atoms with van der Waals surface area (Å²) in [6, 6.07) is 6.77. The molecule has 6 nitrogen and oxygen atoms in total. The van der Waals surface area contributed by atoms with Crippen molar-refractivity contribution < 1.29 is 4.79 Å². The zero-order chi connectivity index (χ0) is 13.8. The standard InChI is InChI=1S/C12H11N5OS/c13-11(18)7-2-1-3-8(4-7)17-10-6-15-9(5-16-10)12(14)19/h1-6H,(H2,13,18)(H2,14,19)(H,16,17). The summed E-state index contributed by atoms with van der Waals surface area (Å²) in [5.41, 5.74) is 12.2. The number of amides is 1. The summed E-state index contributed by atoms with van der Waals surface area (Å²) in [7, 11) is 0. The quantitative estimate of drug-likeness (QED) is 0.716. The van der Waals surface area contributed by atoms with Crippen LogP contribution in [0.25, 0.3) is 0 Å². The van der Waals surface area contributed by atoms with Crippen LogP contribution in [-0.2, 0) is 0 Å². The minimum atomic E-state index is -0.487. The van der Waals surface area contributed by atoms with Gasteiger partial charge in [-0.05, 0) is 18.2 Å². The van der Waals surface area contributed by atoms with Crippen LogP contribution in [0.4, 0.5) is 11.5 Å². The van der Waals surface area contributed by atoms with Gasteiger partial charge in [0, 0.05) is 11.3 Å². The second-order valence-electron chi connectivity index (χ2n) is 3.72. The van der Waals surface area contributed by atoms with Crippen molar-refractivity contribution in [1.82, 2.24) is 9.97 Å². The normalized spacial score (nSPS) is 9.89. The monoisotopic (exact) mass is 273 g/mol. The Bertz CT molecular complexity index is 626. The highest BCUT2D eigenvalue weighted by Gasteiger charge is 2.03. The van der Waals surface area contributed by atoms with Crippen LogP contribution in [0.1, 0.15) is 16.1 Å². The first-order valence-electron chi connectivity index (χ1n) is 5.35. The zero-order valence-corrected chi connectivity index (χ0v) is 10.6. The third kappa shape index (κ3) is 3.23. The molecule has 7 heteroatoms. The third-order valence-electron chi connectivity index (χ3n) is 2.32. The molecule has 0 saturated heterocycles. The van der Waals surface area contributed by atoms with Crippen molar-refractivity contribution >= 4 is 34.6 Å². The Balaban J connectivity index is 2.19. The molecule has 19 heavy (non-hydrogen) atoms. The van der Waals surface area contributed by atoms with E-state index in [4.69, 9.17) is 23.7 Å². The summed E-state index contributed by atoms with van der Waals surface area (Å²) in [5.74, 6) is 0.0279. The Hall–Kier alpha value is -2.54. The van der Waals surface area contributed by atoms with E-state index < -0.39 is 5.91 Å².